The second kappa shape index (κ2) is 3.92. The van der Waals surface area contributed by atoms with Gasteiger partial charge in [0.05, 0.1) is 0 Å². The van der Waals surface area contributed by atoms with Gasteiger partial charge in [-0.25, -0.2) is 0 Å². The molecule has 1 aromatic rings. The van der Waals surface area contributed by atoms with E-state index in [2.05, 4.69) is 34.0 Å². The van der Waals surface area contributed by atoms with Gasteiger partial charge < -0.3 is 11.1 Å². The first-order chi connectivity index (χ1) is 5.22. The SMILES string of the molecule is CNCc1cc(N)cc(I)c1. The molecule has 0 spiro atoms. The molecule has 0 atom stereocenters. The topological polar surface area (TPSA) is 38.0 Å². The standard InChI is InChI=1S/C8H11IN2/c1-11-5-6-2-7(9)4-8(10)3-6/h2-4,11H,5,10H2,1H3. The minimum absolute atomic E-state index is 0.835. The van der Waals surface area contributed by atoms with E-state index in [1.807, 2.05) is 19.2 Å². The van der Waals surface area contributed by atoms with Crippen LogP contribution >= 0.6 is 22.6 Å². The molecule has 0 fully saturated rings. The van der Waals surface area contributed by atoms with Crippen molar-refractivity contribution in [1.29, 1.82) is 0 Å². The second-order valence-electron chi connectivity index (χ2n) is 2.42. The molecule has 0 aromatic heterocycles. The van der Waals surface area contributed by atoms with Crippen molar-refractivity contribution in [1.82, 2.24) is 5.32 Å². The fraction of sp³-hybridized carbons (Fsp3) is 0.250. The minimum Gasteiger partial charge on any atom is -0.399 e. The molecular formula is C8H11IN2. The van der Waals surface area contributed by atoms with Crippen LogP contribution in [-0.2, 0) is 6.54 Å². The van der Waals surface area contributed by atoms with Crippen molar-refractivity contribution in [3.8, 4) is 0 Å². The van der Waals surface area contributed by atoms with Gasteiger partial charge in [-0.05, 0) is 53.4 Å². The molecule has 0 saturated heterocycles. The van der Waals surface area contributed by atoms with Crippen molar-refractivity contribution in [3.63, 3.8) is 0 Å². The summed E-state index contributed by atoms with van der Waals surface area (Å²) in [4.78, 5) is 0. The Morgan fingerprint density at radius 2 is 2.18 bits per heavy atom. The predicted octanol–water partition coefficient (Wildman–Crippen LogP) is 1.59. The Balaban J connectivity index is 2.89. The molecule has 0 amide bonds. The molecule has 0 aliphatic carbocycles. The number of rotatable bonds is 2. The summed E-state index contributed by atoms with van der Waals surface area (Å²) in [6.07, 6.45) is 0. The minimum atomic E-state index is 0.835. The third kappa shape index (κ3) is 2.67. The van der Waals surface area contributed by atoms with E-state index in [4.69, 9.17) is 5.73 Å². The van der Waals surface area contributed by atoms with Crippen LogP contribution in [-0.4, -0.2) is 7.05 Å². The number of halogens is 1. The highest BCUT2D eigenvalue weighted by Gasteiger charge is 1.94. The largest absolute Gasteiger partial charge is 0.399 e. The molecule has 60 valence electrons. The van der Waals surface area contributed by atoms with Crippen molar-refractivity contribution >= 4 is 28.3 Å². The van der Waals surface area contributed by atoms with Crippen LogP contribution in [0, 0.1) is 3.57 Å². The van der Waals surface area contributed by atoms with Gasteiger partial charge in [-0.2, -0.15) is 0 Å². The van der Waals surface area contributed by atoms with E-state index in [1.54, 1.807) is 0 Å². The van der Waals surface area contributed by atoms with Gasteiger partial charge in [0, 0.05) is 15.8 Å². The molecule has 0 heterocycles. The molecule has 0 bridgehead atoms. The summed E-state index contributed by atoms with van der Waals surface area (Å²) < 4.78 is 1.19. The van der Waals surface area contributed by atoms with Crippen molar-refractivity contribution < 1.29 is 0 Å². The number of nitrogens with two attached hydrogens (primary N) is 1. The van der Waals surface area contributed by atoms with E-state index in [0.29, 0.717) is 0 Å². The van der Waals surface area contributed by atoms with E-state index < -0.39 is 0 Å². The lowest BCUT2D eigenvalue weighted by atomic mass is 10.2. The Kier molecular flexibility index (Phi) is 3.14. The number of benzene rings is 1. The molecule has 1 rings (SSSR count). The summed E-state index contributed by atoms with van der Waals surface area (Å²) in [5.41, 5.74) is 7.73. The number of hydrogen-bond donors (Lipinski definition) is 2. The van der Waals surface area contributed by atoms with Crippen LogP contribution in [0.2, 0.25) is 0 Å². The summed E-state index contributed by atoms with van der Waals surface area (Å²) in [5, 5.41) is 3.08. The van der Waals surface area contributed by atoms with Crippen molar-refractivity contribution in [2.45, 2.75) is 6.54 Å². The van der Waals surface area contributed by atoms with Crippen molar-refractivity contribution in [3.05, 3.63) is 27.3 Å². The second-order valence-corrected chi connectivity index (χ2v) is 3.67. The Bertz CT molecular complexity index is 228. The highest BCUT2D eigenvalue weighted by molar-refractivity contribution is 14.1. The van der Waals surface area contributed by atoms with Crippen LogP contribution in [0.3, 0.4) is 0 Å². The van der Waals surface area contributed by atoms with E-state index in [0.717, 1.165) is 12.2 Å². The third-order valence-corrected chi connectivity index (χ3v) is 1.98. The fourth-order valence-electron chi connectivity index (χ4n) is 0.982. The van der Waals surface area contributed by atoms with Crippen LogP contribution in [0.15, 0.2) is 18.2 Å². The average Bonchev–Trinajstić information content (AvgIpc) is 1.85. The van der Waals surface area contributed by atoms with Crippen molar-refractivity contribution in [2.24, 2.45) is 0 Å². The van der Waals surface area contributed by atoms with Crippen LogP contribution in [0.25, 0.3) is 0 Å². The zero-order valence-electron chi connectivity index (χ0n) is 6.39. The monoisotopic (exact) mass is 262 g/mol. The van der Waals surface area contributed by atoms with Gasteiger partial charge in [0.2, 0.25) is 0 Å². The average molecular weight is 262 g/mol. The Hall–Kier alpha value is -0.290. The molecule has 0 radical (unpaired) electrons. The Morgan fingerprint density at radius 3 is 2.73 bits per heavy atom. The molecule has 0 aliphatic rings. The molecule has 3 N–H and O–H groups in total. The normalized spacial score (nSPS) is 10.0. The van der Waals surface area contributed by atoms with E-state index >= 15 is 0 Å². The molecule has 0 saturated carbocycles. The number of anilines is 1. The fourth-order valence-corrected chi connectivity index (χ4v) is 1.74. The molecule has 0 unspecified atom stereocenters. The lowest BCUT2D eigenvalue weighted by molar-refractivity contribution is 0.818. The lowest BCUT2D eigenvalue weighted by Crippen LogP contribution is -2.05. The zero-order valence-corrected chi connectivity index (χ0v) is 8.55. The maximum Gasteiger partial charge on any atom is 0.0327 e. The molecule has 3 heteroatoms. The van der Waals surface area contributed by atoms with Crippen LogP contribution in [0.4, 0.5) is 5.69 Å². The summed E-state index contributed by atoms with van der Waals surface area (Å²) in [6, 6.07) is 6.06. The van der Waals surface area contributed by atoms with E-state index in [9.17, 15) is 0 Å². The quantitative estimate of drug-likeness (QED) is 0.627. The Labute approximate surface area is 80.3 Å². The van der Waals surface area contributed by atoms with Crippen LogP contribution in [0.5, 0.6) is 0 Å². The van der Waals surface area contributed by atoms with Gasteiger partial charge in [0.25, 0.3) is 0 Å². The van der Waals surface area contributed by atoms with Gasteiger partial charge >= 0.3 is 0 Å². The van der Waals surface area contributed by atoms with E-state index in [1.165, 1.54) is 9.13 Å². The van der Waals surface area contributed by atoms with Gasteiger partial charge in [0.15, 0.2) is 0 Å². The van der Waals surface area contributed by atoms with Crippen LogP contribution < -0.4 is 11.1 Å². The lowest BCUT2D eigenvalue weighted by Gasteiger charge is -2.02. The number of nitrogen functional groups attached to an aromatic ring is 1. The van der Waals surface area contributed by atoms with Crippen LogP contribution in [0.1, 0.15) is 5.56 Å². The molecule has 11 heavy (non-hydrogen) atoms. The summed E-state index contributed by atoms with van der Waals surface area (Å²) in [6.45, 7) is 0.876. The third-order valence-electron chi connectivity index (χ3n) is 1.36. The maximum absolute atomic E-state index is 5.66. The van der Waals surface area contributed by atoms with E-state index in [-0.39, 0.29) is 0 Å². The maximum atomic E-state index is 5.66. The van der Waals surface area contributed by atoms with Gasteiger partial charge in [-0.15, -0.1) is 0 Å². The van der Waals surface area contributed by atoms with Gasteiger partial charge in [-0.1, -0.05) is 0 Å². The smallest absolute Gasteiger partial charge is 0.0327 e. The first-order valence-corrected chi connectivity index (χ1v) is 4.50. The highest BCUT2D eigenvalue weighted by Crippen LogP contribution is 2.13. The molecule has 1 aromatic carbocycles. The van der Waals surface area contributed by atoms with Gasteiger partial charge in [0.1, 0.15) is 0 Å². The summed E-state index contributed by atoms with van der Waals surface area (Å²) >= 11 is 2.26. The highest BCUT2D eigenvalue weighted by atomic mass is 127. The van der Waals surface area contributed by atoms with Gasteiger partial charge in [-0.3, -0.25) is 0 Å². The van der Waals surface area contributed by atoms with Crippen molar-refractivity contribution in [2.75, 3.05) is 12.8 Å². The summed E-state index contributed by atoms with van der Waals surface area (Å²) in [7, 11) is 1.93. The zero-order chi connectivity index (χ0) is 8.27. The molecular weight excluding hydrogens is 251 g/mol. The number of hydrogen-bond acceptors (Lipinski definition) is 2. The predicted molar refractivity (Wildman–Crippen MR) is 56.3 cm³/mol. The molecule has 0 aliphatic heterocycles. The molecule has 2 nitrogen and oxygen atoms in total. The number of nitrogens with one attached hydrogen (secondary N) is 1. The summed E-state index contributed by atoms with van der Waals surface area (Å²) in [5.74, 6) is 0. The first-order valence-electron chi connectivity index (χ1n) is 3.42. The Morgan fingerprint density at radius 1 is 1.45 bits per heavy atom. The first kappa shape index (κ1) is 8.80.